The van der Waals surface area contributed by atoms with Gasteiger partial charge in [0.05, 0.1) is 4.92 Å². The summed E-state index contributed by atoms with van der Waals surface area (Å²) in [4.78, 5) is 13.8. The normalized spacial score (nSPS) is 14.3. The van der Waals surface area contributed by atoms with Crippen LogP contribution in [0.5, 0.6) is 0 Å². The van der Waals surface area contributed by atoms with Crippen molar-refractivity contribution < 1.29 is 4.92 Å². The number of anilines is 1. The Kier molecular flexibility index (Phi) is 3.24. The minimum Gasteiger partial charge on any atom is -0.377 e. The first-order valence-corrected chi connectivity index (χ1v) is 4.12. The van der Waals surface area contributed by atoms with E-state index in [2.05, 4.69) is 10.3 Å². The predicted octanol–water partition coefficient (Wildman–Crippen LogP) is 1.99. The minimum absolute atomic E-state index is 0. The molecule has 0 unspecified atom stereocenters. The van der Waals surface area contributed by atoms with Crippen molar-refractivity contribution in [1.82, 2.24) is 4.98 Å². The molecule has 0 bridgehead atoms. The van der Waals surface area contributed by atoms with Gasteiger partial charge in [-0.25, -0.2) is 0 Å². The van der Waals surface area contributed by atoms with Crippen molar-refractivity contribution in [2.45, 2.75) is 18.9 Å². The summed E-state index contributed by atoms with van der Waals surface area (Å²) in [7, 11) is 0. The fraction of sp³-hybridized carbons (Fsp3) is 0.375. The van der Waals surface area contributed by atoms with Gasteiger partial charge in [0.2, 0.25) is 0 Å². The molecule has 1 aromatic rings. The van der Waals surface area contributed by atoms with Crippen molar-refractivity contribution in [1.29, 1.82) is 0 Å². The lowest BCUT2D eigenvalue weighted by molar-refractivity contribution is -0.384. The largest absolute Gasteiger partial charge is 0.377 e. The second-order valence-electron chi connectivity index (χ2n) is 3.07. The molecule has 1 N–H and O–H groups in total. The second-order valence-corrected chi connectivity index (χ2v) is 3.07. The lowest BCUT2D eigenvalue weighted by Gasteiger charge is -2.03. The first-order valence-electron chi connectivity index (χ1n) is 4.12. The standard InChI is InChI=1S/C8H9N3O2.ClH/c12-11(13)8-5-9-4-3-7(8)10-6-1-2-6;/h3-6H,1-2H2,(H,9,10);1H. The monoisotopic (exact) mass is 215 g/mol. The third kappa shape index (κ3) is 2.32. The van der Waals surface area contributed by atoms with Gasteiger partial charge < -0.3 is 5.32 Å². The van der Waals surface area contributed by atoms with E-state index in [1.54, 1.807) is 12.3 Å². The van der Waals surface area contributed by atoms with Gasteiger partial charge >= 0.3 is 5.69 Å². The van der Waals surface area contributed by atoms with Gasteiger partial charge in [0.1, 0.15) is 11.9 Å². The summed E-state index contributed by atoms with van der Waals surface area (Å²) in [5.74, 6) is 0. The molecule has 0 saturated heterocycles. The number of hydrogen-bond donors (Lipinski definition) is 1. The maximum atomic E-state index is 10.5. The summed E-state index contributed by atoms with van der Waals surface area (Å²) in [5, 5.41) is 13.6. The van der Waals surface area contributed by atoms with E-state index in [-0.39, 0.29) is 18.1 Å². The summed E-state index contributed by atoms with van der Waals surface area (Å²) in [5.41, 5.74) is 0.622. The molecule has 1 fully saturated rings. The Bertz CT molecular complexity index is 341. The summed E-state index contributed by atoms with van der Waals surface area (Å²) in [6, 6.07) is 2.05. The maximum Gasteiger partial charge on any atom is 0.310 e. The number of aromatic nitrogens is 1. The van der Waals surface area contributed by atoms with E-state index in [0.717, 1.165) is 12.8 Å². The Labute approximate surface area is 87.1 Å². The predicted molar refractivity (Wildman–Crippen MR) is 54.8 cm³/mol. The first kappa shape index (κ1) is 10.7. The topological polar surface area (TPSA) is 68.1 Å². The van der Waals surface area contributed by atoms with Crippen LogP contribution in [0.25, 0.3) is 0 Å². The Hall–Kier alpha value is -1.36. The van der Waals surface area contributed by atoms with Crippen LogP contribution in [0.2, 0.25) is 0 Å². The zero-order valence-corrected chi connectivity index (χ0v) is 8.16. The van der Waals surface area contributed by atoms with E-state index in [9.17, 15) is 10.1 Å². The SMILES string of the molecule is Cl.O=[N+]([O-])c1cnccc1NC1CC1. The van der Waals surface area contributed by atoms with Gasteiger partial charge in [-0.2, -0.15) is 0 Å². The quantitative estimate of drug-likeness (QED) is 0.619. The molecule has 5 nitrogen and oxygen atoms in total. The van der Waals surface area contributed by atoms with Crippen molar-refractivity contribution in [3.8, 4) is 0 Å². The van der Waals surface area contributed by atoms with Gasteiger partial charge in [-0.05, 0) is 18.9 Å². The fourth-order valence-electron chi connectivity index (χ4n) is 1.10. The molecule has 0 atom stereocenters. The molecule has 76 valence electrons. The number of halogens is 1. The highest BCUT2D eigenvalue weighted by Gasteiger charge is 2.24. The molecule has 6 heteroatoms. The molecular formula is C8H10ClN3O2. The molecule has 0 spiro atoms. The molecule has 14 heavy (non-hydrogen) atoms. The number of nitrogens with zero attached hydrogens (tertiary/aromatic N) is 2. The molecule has 1 aliphatic rings. The minimum atomic E-state index is -0.419. The molecular weight excluding hydrogens is 206 g/mol. The molecule has 1 heterocycles. The third-order valence-corrected chi connectivity index (χ3v) is 1.93. The van der Waals surface area contributed by atoms with E-state index in [0.29, 0.717) is 11.7 Å². The van der Waals surface area contributed by atoms with Crippen LogP contribution < -0.4 is 5.32 Å². The van der Waals surface area contributed by atoms with Gasteiger partial charge in [0.15, 0.2) is 0 Å². The van der Waals surface area contributed by atoms with Crippen molar-refractivity contribution in [2.75, 3.05) is 5.32 Å². The van der Waals surface area contributed by atoms with Crippen molar-refractivity contribution in [3.63, 3.8) is 0 Å². The molecule has 2 rings (SSSR count). The molecule has 0 amide bonds. The molecule has 0 aromatic carbocycles. The van der Waals surface area contributed by atoms with E-state index < -0.39 is 4.92 Å². The van der Waals surface area contributed by atoms with Crippen LogP contribution in [0.3, 0.4) is 0 Å². The average Bonchev–Trinajstić information content (AvgIpc) is 2.89. The van der Waals surface area contributed by atoms with Crippen LogP contribution in [0.1, 0.15) is 12.8 Å². The lowest BCUT2D eigenvalue weighted by atomic mass is 10.3. The summed E-state index contributed by atoms with van der Waals surface area (Å²) in [6.45, 7) is 0. The zero-order chi connectivity index (χ0) is 9.26. The molecule has 1 aliphatic carbocycles. The molecule has 1 saturated carbocycles. The summed E-state index contributed by atoms with van der Waals surface area (Å²) >= 11 is 0. The second kappa shape index (κ2) is 4.23. The Morgan fingerprint density at radius 1 is 1.57 bits per heavy atom. The zero-order valence-electron chi connectivity index (χ0n) is 7.34. The number of hydrogen-bond acceptors (Lipinski definition) is 4. The summed E-state index contributed by atoms with van der Waals surface area (Å²) in [6.07, 6.45) is 5.02. The third-order valence-electron chi connectivity index (χ3n) is 1.93. The van der Waals surface area contributed by atoms with Crippen LogP contribution >= 0.6 is 12.4 Å². The first-order chi connectivity index (χ1) is 6.27. The van der Waals surface area contributed by atoms with Gasteiger partial charge in [-0.15, -0.1) is 12.4 Å². The van der Waals surface area contributed by atoms with Crippen molar-refractivity contribution in [2.24, 2.45) is 0 Å². The average molecular weight is 216 g/mol. The number of rotatable bonds is 3. The summed E-state index contributed by atoms with van der Waals surface area (Å²) < 4.78 is 0. The van der Waals surface area contributed by atoms with Gasteiger partial charge in [-0.3, -0.25) is 15.1 Å². The van der Waals surface area contributed by atoms with Crippen LogP contribution in [-0.2, 0) is 0 Å². The molecule has 0 radical (unpaired) electrons. The number of nitro groups is 1. The molecule has 1 aromatic heterocycles. The number of nitrogens with one attached hydrogen (secondary N) is 1. The van der Waals surface area contributed by atoms with Crippen molar-refractivity contribution >= 4 is 23.8 Å². The highest BCUT2D eigenvalue weighted by atomic mass is 35.5. The molecule has 0 aliphatic heterocycles. The van der Waals surface area contributed by atoms with E-state index in [1.807, 2.05) is 0 Å². The van der Waals surface area contributed by atoms with E-state index in [1.165, 1.54) is 6.20 Å². The van der Waals surface area contributed by atoms with Gasteiger partial charge in [0.25, 0.3) is 0 Å². The van der Waals surface area contributed by atoms with E-state index >= 15 is 0 Å². The van der Waals surface area contributed by atoms with Gasteiger partial charge in [0, 0.05) is 12.2 Å². The van der Waals surface area contributed by atoms with Crippen molar-refractivity contribution in [3.05, 3.63) is 28.6 Å². The highest BCUT2D eigenvalue weighted by molar-refractivity contribution is 5.85. The Balaban J connectivity index is 0.000000980. The van der Waals surface area contributed by atoms with Crippen LogP contribution in [0, 0.1) is 10.1 Å². The van der Waals surface area contributed by atoms with Crippen LogP contribution in [-0.4, -0.2) is 15.9 Å². The fourth-order valence-corrected chi connectivity index (χ4v) is 1.10. The Morgan fingerprint density at radius 3 is 2.86 bits per heavy atom. The van der Waals surface area contributed by atoms with Gasteiger partial charge in [-0.1, -0.05) is 0 Å². The Morgan fingerprint density at radius 2 is 2.29 bits per heavy atom. The maximum absolute atomic E-state index is 10.5. The highest BCUT2D eigenvalue weighted by Crippen LogP contribution is 2.29. The smallest absolute Gasteiger partial charge is 0.310 e. The van der Waals surface area contributed by atoms with Crippen LogP contribution in [0.15, 0.2) is 18.5 Å². The number of pyridine rings is 1. The van der Waals surface area contributed by atoms with Crippen LogP contribution in [0.4, 0.5) is 11.4 Å². The lowest BCUT2D eigenvalue weighted by Crippen LogP contribution is -2.04. The van der Waals surface area contributed by atoms with E-state index in [4.69, 9.17) is 0 Å².